The predicted octanol–water partition coefficient (Wildman–Crippen LogP) is 3.15. The van der Waals surface area contributed by atoms with Gasteiger partial charge in [-0.25, -0.2) is 4.74 Å². The van der Waals surface area contributed by atoms with Crippen LogP contribution in [0.25, 0.3) is 0 Å². The maximum atomic E-state index is 5.68. The van der Waals surface area contributed by atoms with Crippen molar-refractivity contribution < 1.29 is 13.9 Å². The van der Waals surface area contributed by atoms with Crippen LogP contribution in [0.5, 0.6) is 0 Å². The summed E-state index contributed by atoms with van der Waals surface area (Å²) in [5.74, 6) is 0.852. The summed E-state index contributed by atoms with van der Waals surface area (Å²) in [6.45, 7) is 13.9. The van der Waals surface area contributed by atoms with Gasteiger partial charge in [0.25, 0.3) is 0 Å². The van der Waals surface area contributed by atoms with Crippen LogP contribution in [0.4, 0.5) is 0 Å². The summed E-state index contributed by atoms with van der Waals surface area (Å²) in [5.41, 5.74) is 0. The van der Waals surface area contributed by atoms with E-state index in [1.54, 1.807) is 6.26 Å². The van der Waals surface area contributed by atoms with Gasteiger partial charge in [0.1, 0.15) is 13.1 Å². The average molecular weight is 415 g/mol. The molecule has 1 aromatic rings. The Morgan fingerprint density at radius 3 is 2.11 bits per heavy atom. The Morgan fingerprint density at radius 2 is 1.67 bits per heavy atom. The first kappa shape index (κ1) is 21.0. The van der Waals surface area contributed by atoms with Crippen LogP contribution in [0.3, 0.4) is 0 Å². The van der Waals surface area contributed by atoms with Crippen molar-refractivity contribution in [1.82, 2.24) is 14.7 Å². The summed E-state index contributed by atoms with van der Waals surface area (Å²) in [4.78, 5) is 0. The van der Waals surface area contributed by atoms with Gasteiger partial charge in [-0.2, -0.15) is 0 Å². The lowest BCUT2D eigenvalue weighted by Crippen LogP contribution is -2.48. The van der Waals surface area contributed by atoms with E-state index in [0.717, 1.165) is 58.4 Å². The highest BCUT2D eigenvalue weighted by atomic mass is 32.1. The molecule has 2 aliphatic rings. The molecule has 1 aromatic heterocycles. The molecule has 1 N–H and O–H groups in total. The van der Waals surface area contributed by atoms with Gasteiger partial charge >= 0.3 is 0 Å². The molecule has 0 radical (unpaired) electrons. The number of nitrogens with one attached hydrogen (secondary N) is 1. The normalized spacial score (nSPS) is 20.4. The Bertz CT molecular complexity index is 641. The van der Waals surface area contributed by atoms with Gasteiger partial charge in [0.05, 0.1) is 39.2 Å². The standard InChI is InChI=1S/C18H31N4O3PS/c1-18(2,3)26(21-6-11-23-12-7-21,22-8-13-24-14-9-22)20-17(27)19-15-16-5-4-10-25-16/h4-5,10H,6-9,11-15H2,1-3H3,(H,19,27). The first-order valence-electron chi connectivity index (χ1n) is 9.52. The van der Waals surface area contributed by atoms with Gasteiger partial charge in [0, 0.05) is 31.3 Å². The van der Waals surface area contributed by atoms with Gasteiger partial charge in [-0.15, -0.1) is 0 Å². The molecule has 9 heteroatoms. The summed E-state index contributed by atoms with van der Waals surface area (Å²) >= 11 is 5.68. The number of furan rings is 1. The maximum Gasteiger partial charge on any atom is 0.194 e. The lowest BCUT2D eigenvalue weighted by molar-refractivity contribution is 0.0551. The van der Waals surface area contributed by atoms with E-state index in [4.69, 9.17) is 30.9 Å². The second kappa shape index (κ2) is 9.16. The molecule has 3 rings (SSSR count). The molecule has 27 heavy (non-hydrogen) atoms. The Morgan fingerprint density at radius 1 is 1.11 bits per heavy atom. The number of rotatable bonds is 4. The molecule has 2 aliphatic heterocycles. The first-order valence-corrected chi connectivity index (χ1v) is 11.6. The lowest BCUT2D eigenvalue weighted by Gasteiger charge is -2.52. The van der Waals surface area contributed by atoms with Crippen LogP contribution >= 0.6 is 19.6 Å². The molecule has 0 bridgehead atoms. The van der Waals surface area contributed by atoms with Crippen molar-refractivity contribution in [3.05, 3.63) is 24.2 Å². The molecule has 7 nitrogen and oxygen atoms in total. The van der Waals surface area contributed by atoms with E-state index in [1.807, 2.05) is 12.1 Å². The van der Waals surface area contributed by atoms with Crippen LogP contribution in [-0.2, 0) is 16.0 Å². The summed E-state index contributed by atoms with van der Waals surface area (Å²) < 4.78 is 27.0. The molecular formula is C18H31N4O3PS. The Balaban J connectivity index is 1.94. The van der Waals surface area contributed by atoms with E-state index in [1.165, 1.54) is 0 Å². The number of thiocarbonyl (C=S) groups is 1. The molecule has 152 valence electrons. The van der Waals surface area contributed by atoms with E-state index in [0.29, 0.717) is 11.7 Å². The highest BCUT2D eigenvalue weighted by Gasteiger charge is 2.45. The van der Waals surface area contributed by atoms with Crippen LogP contribution < -0.4 is 5.32 Å². The molecule has 0 spiro atoms. The molecule has 0 aliphatic carbocycles. The second-order valence-corrected chi connectivity index (χ2v) is 11.9. The quantitative estimate of drug-likeness (QED) is 0.600. The van der Waals surface area contributed by atoms with E-state index in [2.05, 4.69) is 35.4 Å². The van der Waals surface area contributed by atoms with Crippen LogP contribution in [0.15, 0.2) is 27.6 Å². The van der Waals surface area contributed by atoms with E-state index in [-0.39, 0.29) is 5.16 Å². The molecular weight excluding hydrogens is 383 g/mol. The smallest absolute Gasteiger partial charge is 0.194 e. The molecule has 0 atom stereocenters. The summed E-state index contributed by atoms with van der Waals surface area (Å²) in [7, 11) is -2.10. The third-order valence-corrected chi connectivity index (χ3v) is 9.92. The minimum atomic E-state index is -2.10. The average Bonchev–Trinajstić information content (AvgIpc) is 3.18. The topological polar surface area (TPSA) is 62.5 Å². The first-order chi connectivity index (χ1) is 12.9. The van der Waals surface area contributed by atoms with Crippen LogP contribution in [-0.4, -0.2) is 72.2 Å². The van der Waals surface area contributed by atoms with Crippen LogP contribution in [0.2, 0.25) is 0 Å². The maximum absolute atomic E-state index is 5.68. The second-order valence-electron chi connectivity index (χ2n) is 7.71. The summed E-state index contributed by atoms with van der Waals surface area (Å²) in [5, 5.41) is 3.78. The zero-order valence-electron chi connectivity index (χ0n) is 16.5. The fourth-order valence-electron chi connectivity index (χ4n) is 3.71. The van der Waals surface area contributed by atoms with Crippen molar-refractivity contribution in [1.29, 1.82) is 0 Å². The molecule has 0 unspecified atom stereocenters. The summed E-state index contributed by atoms with van der Waals surface area (Å²) in [6.07, 6.45) is 1.67. The van der Waals surface area contributed by atoms with Gasteiger partial charge in [-0.05, 0) is 24.4 Å². The predicted molar refractivity (Wildman–Crippen MR) is 112 cm³/mol. The fraction of sp³-hybridized carbons (Fsp3) is 0.722. The highest BCUT2D eigenvalue weighted by molar-refractivity contribution is 7.81. The Hall–Kier alpha value is -0.760. The number of hydrogen-bond acceptors (Lipinski definition) is 4. The molecule has 2 fully saturated rings. The number of morpholine rings is 2. The zero-order chi connectivity index (χ0) is 19.3. The minimum absolute atomic E-state index is 0.0435. The van der Waals surface area contributed by atoms with Gasteiger partial charge in [-0.1, -0.05) is 20.8 Å². The van der Waals surface area contributed by atoms with Crippen molar-refractivity contribution in [3.63, 3.8) is 0 Å². The van der Waals surface area contributed by atoms with Crippen molar-refractivity contribution in [2.45, 2.75) is 32.5 Å². The number of nitrogens with zero attached hydrogens (tertiary/aromatic N) is 3. The fourth-order valence-corrected chi connectivity index (χ4v) is 8.49. The molecule has 0 saturated carbocycles. The largest absolute Gasteiger partial charge is 0.467 e. The van der Waals surface area contributed by atoms with Crippen molar-refractivity contribution in [2.24, 2.45) is 4.74 Å². The minimum Gasteiger partial charge on any atom is -0.467 e. The van der Waals surface area contributed by atoms with Crippen molar-refractivity contribution in [2.75, 3.05) is 52.6 Å². The van der Waals surface area contributed by atoms with Crippen molar-refractivity contribution >= 4 is 24.7 Å². The number of ether oxygens (including phenoxy) is 2. The van der Waals surface area contributed by atoms with E-state index >= 15 is 0 Å². The highest BCUT2D eigenvalue weighted by Crippen LogP contribution is 2.66. The molecule has 0 aromatic carbocycles. The monoisotopic (exact) mass is 414 g/mol. The number of hydrogen-bond donors (Lipinski definition) is 1. The Labute approximate surface area is 167 Å². The molecule has 2 saturated heterocycles. The zero-order valence-corrected chi connectivity index (χ0v) is 18.2. The SMILES string of the molecule is CC(C)(C)P(=NC(=S)NCc1ccco1)(N1CCOCC1)N1CCOCC1. The van der Waals surface area contributed by atoms with Gasteiger partial charge in [-0.3, -0.25) is 9.34 Å². The van der Waals surface area contributed by atoms with Crippen LogP contribution in [0.1, 0.15) is 26.5 Å². The third kappa shape index (κ3) is 4.81. The van der Waals surface area contributed by atoms with E-state index in [9.17, 15) is 0 Å². The molecule has 0 amide bonds. The van der Waals surface area contributed by atoms with Crippen molar-refractivity contribution in [3.8, 4) is 0 Å². The van der Waals surface area contributed by atoms with Gasteiger partial charge < -0.3 is 19.2 Å². The van der Waals surface area contributed by atoms with Gasteiger partial charge in [0.2, 0.25) is 0 Å². The van der Waals surface area contributed by atoms with Crippen LogP contribution in [0, 0.1) is 0 Å². The lowest BCUT2D eigenvalue weighted by atomic mass is 10.3. The van der Waals surface area contributed by atoms with Gasteiger partial charge in [0.15, 0.2) is 5.11 Å². The third-order valence-electron chi connectivity index (χ3n) is 4.89. The summed E-state index contributed by atoms with van der Waals surface area (Å²) in [6, 6.07) is 3.82. The Kier molecular flexibility index (Phi) is 7.11. The molecule has 3 heterocycles. The van der Waals surface area contributed by atoms with E-state index < -0.39 is 7.36 Å².